The number of sulfone groups is 1. The highest BCUT2D eigenvalue weighted by Crippen LogP contribution is 2.15. The SMILES string of the molecule is CCCN(CC(=O)Nc1cccc(S(C)(=O)=O)c1)CC(=O)Nc1ccccc1C. The second-order valence-corrected chi connectivity index (χ2v) is 8.94. The minimum atomic E-state index is -3.36. The Morgan fingerprint density at radius 1 is 0.966 bits per heavy atom. The predicted molar refractivity (Wildman–Crippen MR) is 115 cm³/mol. The fraction of sp³-hybridized carbons (Fsp3) is 0.333. The lowest BCUT2D eigenvalue weighted by Gasteiger charge is -2.21. The van der Waals surface area contributed by atoms with Gasteiger partial charge in [-0.15, -0.1) is 0 Å². The fourth-order valence-electron chi connectivity index (χ4n) is 2.84. The number of rotatable bonds is 9. The molecule has 2 amide bonds. The third-order valence-corrected chi connectivity index (χ3v) is 5.35. The molecule has 0 saturated heterocycles. The first-order valence-corrected chi connectivity index (χ1v) is 11.3. The molecule has 0 saturated carbocycles. The Bertz CT molecular complexity index is 973. The minimum Gasteiger partial charge on any atom is -0.325 e. The standard InChI is InChI=1S/C21H27N3O4S/c1-4-12-24(15-21(26)23-19-11-6-5-8-16(19)2)14-20(25)22-17-9-7-10-18(13-17)29(3,27)28/h5-11,13H,4,12,14-15H2,1-3H3,(H,22,25)(H,23,26). The maximum Gasteiger partial charge on any atom is 0.238 e. The summed E-state index contributed by atoms with van der Waals surface area (Å²) < 4.78 is 23.3. The Morgan fingerprint density at radius 2 is 1.62 bits per heavy atom. The van der Waals surface area contributed by atoms with Crippen molar-refractivity contribution in [3.63, 3.8) is 0 Å². The fourth-order valence-corrected chi connectivity index (χ4v) is 3.51. The molecule has 0 fully saturated rings. The number of amides is 2. The lowest BCUT2D eigenvalue weighted by molar-refractivity contribution is -0.120. The van der Waals surface area contributed by atoms with Crippen molar-refractivity contribution in [1.82, 2.24) is 4.90 Å². The second-order valence-electron chi connectivity index (χ2n) is 6.92. The number of nitrogens with zero attached hydrogens (tertiary/aromatic N) is 1. The Kier molecular flexibility index (Phi) is 7.92. The van der Waals surface area contributed by atoms with E-state index in [0.29, 0.717) is 12.2 Å². The third kappa shape index (κ3) is 7.32. The van der Waals surface area contributed by atoms with Gasteiger partial charge in [-0.05, 0) is 49.7 Å². The van der Waals surface area contributed by atoms with Crippen LogP contribution in [-0.2, 0) is 19.4 Å². The van der Waals surface area contributed by atoms with Gasteiger partial charge in [-0.3, -0.25) is 14.5 Å². The van der Waals surface area contributed by atoms with Crippen LogP contribution in [0.25, 0.3) is 0 Å². The lowest BCUT2D eigenvalue weighted by Crippen LogP contribution is -2.39. The predicted octanol–water partition coefficient (Wildman–Crippen LogP) is 2.69. The monoisotopic (exact) mass is 417 g/mol. The van der Waals surface area contributed by atoms with Crippen molar-refractivity contribution >= 4 is 33.0 Å². The minimum absolute atomic E-state index is 0.0259. The largest absolute Gasteiger partial charge is 0.325 e. The van der Waals surface area contributed by atoms with E-state index in [1.807, 2.05) is 38.1 Å². The molecule has 2 rings (SSSR count). The molecule has 156 valence electrons. The molecule has 29 heavy (non-hydrogen) atoms. The van der Waals surface area contributed by atoms with E-state index in [-0.39, 0.29) is 29.8 Å². The van der Waals surface area contributed by atoms with Gasteiger partial charge in [-0.25, -0.2) is 8.42 Å². The van der Waals surface area contributed by atoms with E-state index in [2.05, 4.69) is 10.6 Å². The molecule has 0 aliphatic rings. The zero-order valence-electron chi connectivity index (χ0n) is 16.9. The van der Waals surface area contributed by atoms with Crippen LogP contribution in [0.5, 0.6) is 0 Å². The van der Waals surface area contributed by atoms with Crippen LogP contribution in [0, 0.1) is 6.92 Å². The quantitative estimate of drug-likeness (QED) is 0.654. The van der Waals surface area contributed by atoms with Gasteiger partial charge in [0.2, 0.25) is 11.8 Å². The van der Waals surface area contributed by atoms with Crippen LogP contribution in [0.15, 0.2) is 53.4 Å². The average molecular weight is 418 g/mol. The van der Waals surface area contributed by atoms with Gasteiger partial charge in [-0.1, -0.05) is 31.2 Å². The van der Waals surface area contributed by atoms with E-state index in [9.17, 15) is 18.0 Å². The molecule has 0 atom stereocenters. The molecule has 0 unspecified atom stereocenters. The van der Waals surface area contributed by atoms with Crippen LogP contribution < -0.4 is 10.6 Å². The number of para-hydroxylation sites is 1. The van der Waals surface area contributed by atoms with Crippen LogP contribution >= 0.6 is 0 Å². The van der Waals surface area contributed by atoms with E-state index in [1.54, 1.807) is 17.0 Å². The van der Waals surface area contributed by atoms with E-state index in [1.165, 1.54) is 12.1 Å². The van der Waals surface area contributed by atoms with Crippen molar-refractivity contribution in [1.29, 1.82) is 0 Å². The number of aryl methyl sites for hydroxylation is 1. The van der Waals surface area contributed by atoms with Gasteiger partial charge in [0, 0.05) is 17.6 Å². The van der Waals surface area contributed by atoms with Crippen molar-refractivity contribution in [3.8, 4) is 0 Å². The molecular formula is C21H27N3O4S. The van der Waals surface area contributed by atoms with Gasteiger partial charge in [0.15, 0.2) is 9.84 Å². The molecule has 7 nitrogen and oxygen atoms in total. The summed E-state index contributed by atoms with van der Waals surface area (Å²) in [6.07, 6.45) is 1.90. The van der Waals surface area contributed by atoms with Crippen molar-refractivity contribution < 1.29 is 18.0 Å². The highest BCUT2D eigenvalue weighted by molar-refractivity contribution is 7.90. The zero-order chi connectivity index (χ0) is 21.4. The summed E-state index contributed by atoms with van der Waals surface area (Å²) in [5, 5.41) is 5.57. The van der Waals surface area contributed by atoms with Gasteiger partial charge < -0.3 is 10.6 Å². The van der Waals surface area contributed by atoms with Gasteiger partial charge in [0.05, 0.1) is 18.0 Å². The first-order chi connectivity index (χ1) is 13.7. The van der Waals surface area contributed by atoms with Crippen LogP contribution in [-0.4, -0.2) is 51.0 Å². The number of carbonyl (C=O) groups is 2. The number of carbonyl (C=O) groups excluding carboxylic acids is 2. The van der Waals surface area contributed by atoms with Gasteiger partial charge in [-0.2, -0.15) is 0 Å². The summed E-state index contributed by atoms with van der Waals surface area (Å²) in [6.45, 7) is 4.58. The summed E-state index contributed by atoms with van der Waals surface area (Å²) in [5.74, 6) is -0.507. The maximum atomic E-state index is 12.4. The smallest absolute Gasteiger partial charge is 0.238 e. The van der Waals surface area contributed by atoms with Gasteiger partial charge >= 0.3 is 0 Å². The topological polar surface area (TPSA) is 95.6 Å². The summed E-state index contributed by atoms with van der Waals surface area (Å²) >= 11 is 0. The molecule has 0 aliphatic carbocycles. The Labute approximate surface area is 172 Å². The number of nitrogens with one attached hydrogen (secondary N) is 2. The van der Waals surface area contributed by atoms with Gasteiger partial charge in [0.1, 0.15) is 0 Å². The number of hydrogen-bond acceptors (Lipinski definition) is 5. The highest BCUT2D eigenvalue weighted by Gasteiger charge is 2.15. The maximum absolute atomic E-state index is 12.4. The van der Waals surface area contributed by atoms with E-state index >= 15 is 0 Å². The first-order valence-electron chi connectivity index (χ1n) is 9.37. The molecule has 0 radical (unpaired) electrons. The molecule has 2 aromatic carbocycles. The third-order valence-electron chi connectivity index (χ3n) is 4.24. The highest BCUT2D eigenvalue weighted by atomic mass is 32.2. The Morgan fingerprint density at radius 3 is 2.24 bits per heavy atom. The Balaban J connectivity index is 1.98. The molecule has 0 bridgehead atoms. The molecular weight excluding hydrogens is 390 g/mol. The molecule has 0 spiro atoms. The van der Waals surface area contributed by atoms with Crippen molar-refractivity contribution in [2.75, 3.05) is 36.5 Å². The average Bonchev–Trinajstić information content (AvgIpc) is 2.63. The number of benzene rings is 2. The molecule has 2 N–H and O–H groups in total. The first kappa shape index (κ1) is 22.6. The number of hydrogen-bond donors (Lipinski definition) is 2. The van der Waals surface area contributed by atoms with Crippen LogP contribution in [0.2, 0.25) is 0 Å². The van der Waals surface area contributed by atoms with Crippen LogP contribution in [0.3, 0.4) is 0 Å². The van der Waals surface area contributed by atoms with Crippen molar-refractivity contribution in [2.45, 2.75) is 25.2 Å². The summed E-state index contributed by atoms with van der Waals surface area (Å²) in [4.78, 5) is 26.7. The summed E-state index contributed by atoms with van der Waals surface area (Å²) in [5.41, 5.74) is 2.11. The second kappa shape index (κ2) is 10.2. The van der Waals surface area contributed by atoms with Crippen molar-refractivity contribution in [2.24, 2.45) is 0 Å². The van der Waals surface area contributed by atoms with Crippen molar-refractivity contribution in [3.05, 3.63) is 54.1 Å². The lowest BCUT2D eigenvalue weighted by atomic mass is 10.2. The van der Waals surface area contributed by atoms with E-state index in [0.717, 1.165) is 23.9 Å². The van der Waals surface area contributed by atoms with Crippen LogP contribution in [0.1, 0.15) is 18.9 Å². The van der Waals surface area contributed by atoms with Gasteiger partial charge in [0.25, 0.3) is 0 Å². The van der Waals surface area contributed by atoms with E-state index < -0.39 is 9.84 Å². The molecule has 0 aromatic heterocycles. The molecule has 0 heterocycles. The molecule has 0 aliphatic heterocycles. The molecule has 2 aromatic rings. The van der Waals surface area contributed by atoms with E-state index in [4.69, 9.17) is 0 Å². The zero-order valence-corrected chi connectivity index (χ0v) is 17.8. The summed E-state index contributed by atoms with van der Waals surface area (Å²) in [6, 6.07) is 13.6. The normalized spacial score (nSPS) is 11.3. The molecule has 8 heteroatoms. The Hall–Kier alpha value is -2.71. The van der Waals surface area contributed by atoms with Crippen LogP contribution in [0.4, 0.5) is 11.4 Å². The summed E-state index contributed by atoms with van der Waals surface area (Å²) in [7, 11) is -3.36. The number of anilines is 2.